The van der Waals surface area contributed by atoms with Gasteiger partial charge in [-0.2, -0.15) is 0 Å². The first-order chi connectivity index (χ1) is 10.2. The van der Waals surface area contributed by atoms with E-state index in [1.807, 2.05) is 30.3 Å². The molecule has 4 nitrogen and oxygen atoms in total. The molecule has 1 heterocycles. The molecule has 0 fully saturated rings. The average Bonchev–Trinajstić information content (AvgIpc) is 2.88. The van der Waals surface area contributed by atoms with Crippen molar-refractivity contribution < 1.29 is 4.74 Å². The molecule has 3 aromatic rings. The molecule has 108 valence electrons. The van der Waals surface area contributed by atoms with Crippen molar-refractivity contribution in [3.8, 4) is 5.75 Å². The van der Waals surface area contributed by atoms with Gasteiger partial charge in [0.1, 0.15) is 11.6 Å². The summed E-state index contributed by atoms with van der Waals surface area (Å²) in [7, 11) is 1.67. The molecule has 2 aromatic carbocycles. The Kier molecular flexibility index (Phi) is 3.52. The number of hydrogen-bond acceptors (Lipinski definition) is 3. The van der Waals surface area contributed by atoms with E-state index in [0.717, 1.165) is 34.7 Å². The summed E-state index contributed by atoms with van der Waals surface area (Å²) < 4.78 is 5.23. The lowest BCUT2D eigenvalue weighted by molar-refractivity contribution is 0.415. The highest BCUT2D eigenvalue weighted by Gasteiger charge is 2.10. The maximum atomic E-state index is 5.73. The number of H-pyrrole nitrogens is 1. The first-order valence-corrected chi connectivity index (χ1v) is 7.04. The van der Waals surface area contributed by atoms with Gasteiger partial charge < -0.3 is 15.5 Å². The molecule has 1 aromatic heterocycles. The van der Waals surface area contributed by atoms with Crippen LogP contribution in [0.3, 0.4) is 0 Å². The Bertz CT molecular complexity index is 746. The molecule has 3 rings (SSSR count). The lowest BCUT2D eigenvalue weighted by Crippen LogP contribution is -2.00. The fourth-order valence-corrected chi connectivity index (χ4v) is 2.50. The van der Waals surface area contributed by atoms with Crippen LogP contribution in [0, 0.1) is 0 Å². The zero-order valence-electron chi connectivity index (χ0n) is 12.3. The summed E-state index contributed by atoms with van der Waals surface area (Å²) in [5.74, 6) is 2.21. The van der Waals surface area contributed by atoms with Crippen molar-refractivity contribution in [2.75, 3.05) is 12.8 Å². The van der Waals surface area contributed by atoms with E-state index in [1.165, 1.54) is 5.56 Å². The predicted octanol–water partition coefficient (Wildman–Crippen LogP) is 3.50. The van der Waals surface area contributed by atoms with Crippen LogP contribution in [-0.2, 0) is 6.42 Å². The first kappa shape index (κ1) is 13.5. The maximum Gasteiger partial charge on any atom is 0.121 e. The molecule has 0 aliphatic rings. The number of nitrogens with one attached hydrogen (secondary N) is 1. The molecular formula is C17H19N3O. The SMILES string of the molecule is COc1ccc2nc(CC(C)c3ccc(N)cc3)[nH]c2c1. The lowest BCUT2D eigenvalue weighted by Gasteiger charge is -2.10. The smallest absolute Gasteiger partial charge is 0.121 e. The van der Waals surface area contributed by atoms with Gasteiger partial charge in [-0.15, -0.1) is 0 Å². The number of nitrogens with two attached hydrogens (primary N) is 1. The first-order valence-electron chi connectivity index (χ1n) is 7.04. The van der Waals surface area contributed by atoms with Gasteiger partial charge in [0.05, 0.1) is 18.1 Å². The van der Waals surface area contributed by atoms with Crippen LogP contribution >= 0.6 is 0 Å². The van der Waals surface area contributed by atoms with E-state index in [-0.39, 0.29) is 0 Å². The average molecular weight is 281 g/mol. The Morgan fingerprint density at radius 2 is 1.95 bits per heavy atom. The zero-order chi connectivity index (χ0) is 14.8. The number of nitrogen functional groups attached to an aromatic ring is 1. The van der Waals surface area contributed by atoms with Gasteiger partial charge in [0.2, 0.25) is 0 Å². The van der Waals surface area contributed by atoms with Crippen molar-refractivity contribution in [3.63, 3.8) is 0 Å². The standard InChI is InChI=1S/C17H19N3O/c1-11(12-3-5-13(18)6-4-12)9-17-19-15-8-7-14(21-2)10-16(15)20-17/h3-8,10-11H,9,18H2,1-2H3,(H,19,20). The maximum absolute atomic E-state index is 5.73. The molecule has 0 aliphatic heterocycles. The molecule has 4 heteroatoms. The number of aromatic amines is 1. The molecular weight excluding hydrogens is 262 g/mol. The summed E-state index contributed by atoms with van der Waals surface area (Å²) in [4.78, 5) is 8.00. The Morgan fingerprint density at radius 3 is 2.67 bits per heavy atom. The normalized spacial score (nSPS) is 12.5. The molecule has 0 aliphatic carbocycles. The van der Waals surface area contributed by atoms with Gasteiger partial charge in [-0.1, -0.05) is 19.1 Å². The third-order valence-corrected chi connectivity index (χ3v) is 3.74. The van der Waals surface area contributed by atoms with E-state index >= 15 is 0 Å². The summed E-state index contributed by atoms with van der Waals surface area (Å²) in [6, 6.07) is 13.9. The molecule has 0 saturated carbocycles. The number of imidazole rings is 1. The Morgan fingerprint density at radius 1 is 1.19 bits per heavy atom. The molecule has 0 amide bonds. The van der Waals surface area contributed by atoms with E-state index in [9.17, 15) is 0 Å². The highest BCUT2D eigenvalue weighted by Crippen LogP contribution is 2.23. The monoisotopic (exact) mass is 281 g/mol. The molecule has 0 bridgehead atoms. The van der Waals surface area contributed by atoms with Crippen LogP contribution < -0.4 is 10.5 Å². The van der Waals surface area contributed by atoms with E-state index in [4.69, 9.17) is 10.5 Å². The van der Waals surface area contributed by atoms with Crippen LogP contribution in [0.5, 0.6) is 5.75 Å². The zero-order valence-corrected chi connectivity index (χ0v) is 12.3. The second-order valence-electron chi connectivity index (χ2n) is 5.34. The molecule has 1 atom stereocenters. The van der Waals surface area contributed by atoms with Crippen molar-refractivity contribution in [2.24, 2.45) is 0 Å². The number of methoxy groups -OCH3 is 1. The third-order valence-electron chi connectivity index (χ3n) is 3.74. The Hall–Kier alpha value is -2.49. The van der Waals surface area contributed by atoms with Gasteiger partial charge in [-0.05, 0) is 35.7 Å². The van der Waals surface area contributed by atoms with Crippen LogP contribution in [0.2, 0.25) is 0 Å². The van der Waals surface area contributed by atoms with Crippen LogP contribution in [-0.4, -0.2) is 17.1 Å². The number of benzene rings is 2. The second-order valence-corrected chi connectivity index (χ2v) is 5.34. The van der Waals surface area contributed by atoms with Crippen molar-refractivity contribution in [2.45, 2.75) is 19.3 Å². The third kappa shape index (κ3) is 2.84. The van der Waals surface area contributed by atoms with E-state index < -0.39 is 0 Å². The predicted molar refractivity (Wildman–Crippen MR) is 85.6 cm³/mol. The summed E-state index contributed by atoms with van der Waals surface area (Å²) in [6.45, 7) is 2.19. The second kappa shape index (κ2) is 5.48. The van der Waals surface area contributed by atoms with E-state index in [1.54, 1.807) is 7.11 Å². The number of anilines is 1. The van der Waals surface area contributed by atoms with Gasteiger partial charge >= 0.3 is 0 Å². The summed E-state index contributed by atoms with van der Waals surface area (Å²) in [6.07, 6.45) is 0.862. The van der Waals surface area contributed by atoms with Gasteiger partial charge in [-0.3, -0.25) is 0 Å². The topological polar surface area (TPSA) is 63.9 Å². The molecule has 21 heavy (non-hydrogen) atoms. The van der Waals surface area contributed by atoms with Crippen LogP contribution in [0.1, 0.15) is 24.2 Å². The number of fused-ring (bicyclic) bond motifs is 1. The minimum absolute atomic E-state index is 0.382. The summed E-state index contributed by atoms with van der Waals surface area (Å²) in [5, 5.41) is 0. The molecule has 0 spiro atoms. The van der Waals surface area contributed by atoms with Crippen LogP contribution in [0.15, 0.2) is 42.5 Å². The number of hydrogen-bond donors (Lipinski definition) is 2. The van der Waals surface area contributed by atoms with Gasteiger partial charge in [0, 0.05) is 18.2 Å². The Labute approximate surface area is 124 Å². The van der Waals surface area contributed by atoms with Crippen molar-refractivity contribution >= 4 is 16.7 Å². The van der Waals surface area contributed by atoms with Crippen molar-refractivity contribution in [1.82, 2.24) is 9.97 Å². The summed E-state index contributed by atoms with van der Waals surface area (Å²) >= 11 is 0. The number of ether oxygens (including phenoxy) is 1. The highest BCUT2D eigenvalue weighted by molar-refractivity contribution is 5.76. The minimum Gasteiger partial charge on any atom is -0.497 e. The van der Waals surface area contributed by atoms with Crippen LogP contribution in [0.25, 0.3) is 11.0 Å². The fourth-order valence-electron chi connectivity index (χ4n) is 2.50. The quantitative estimate of drug-likeness (QED) is 0.719. The van der Waals surface area contributed by atoms with E-state index in [2.05, 4.69) is 29.0 Å². The van der Waals surface area contributed by atoms with Crippen LogP contribution in [0.4, 0.5) is 5.69 Å². The highest BCUT2D eigenvalue weighted by atomic mass is 16.5. The molecule has 3 N–H and O–H groups in total. The molecule has 1 unspecified atom stereocenters. The largest absolute Gasteiger partial charge is 0.497 e. The minimum atomic E-state index is 0.382. The van der Waals surface area contributed by atoms with Gasteiger partial charge in [0.15, 0.2) is 0 Å². The summed E-state index contributed by atoms with van der Waals surface area (Å²) in [5.41, 5.74) is 9.76. The number of aromatic nitrogens is 2. The van der Waals surface area contributed by atoms with E-state index in [0.29, 0.717) is 5.92 Å². The Balaban J connectivity index is 1.82. The fraction of sp³-hybridized carbons (Fsp3) is 0.235. The van der Waals surface area contributed by atoms with Gasteiger partial charge in [0.25, 0.3) is 0 Å². The lowest BCUT2D eigenvalue weighted by atomic mass is 9.97. The number of rotatable bonds is 4. The van der Waals surface area contributed by atoms with Gasteiger partial charge in [-0.25, -0.2) is 4.98 Å². The molecule has 0 radical (unpaired) electrons. The van der Waals surface area contributed by atoms with Crippen molar-refractivity contribution in [1.29, 1.82) is 0 Å². The number of nitrogens with zero attached hydrogens (tertiary/aromatic N) is 1. The van der Waals surface area contributed by atoms with Crippen molar-refractivity contribution in [3.05, 3.63) is 53.9 Å². The molecule has 0 saturated heterocycles.